The van der Waals surface area contributed by atoms with Gasteiger partial charge in [-0.15, -0.1) is 0 Å². The number of hydrogen-bond donors (Lipinski definition) is 3. The molecule has 0 aliphatic rings. The molecule has 3 N–H and O–H groups in total. The van der Waals surface area contributed by atoms with Crippen LogP contribution in [0.1, 0.15) is 35.3 Å². The van der Waals surface area contributed by atoms with E-state index < -0.39 is 0 Å². The molecule has 2 rings (SSSR count). The van der Waals surface area contributed by atoms with E-state index in [-0.39, 0.29) is 23.0 Å². The summed E-state index contributed by atoms with van der Waals surface area (Å²) in [6.45, 7) is 3.95. The standard InChI is InChI=1S/C20H20O4/c1-13(2)3-6-15-12-16(7-10-18(15)22)17(21)8-4-14-5-9-19(23)20(24)11-14/h3-5,7-12,22-24H,6H2,1-2H3/b8-4+. The second-order valence-electron chi connectivity index (χ2n) is 5.77. The molecular weight excluding hydrogens is 304 g/mol. The molecule has 0 unspecified atom stereocenters. The average Bonchev–Trinajstić information content (AvgIpc) is 2.54. The van der Waals surface area contributed by atoms with Crippen molar-refractivity contribution in [2.24, 2.45) is 0 Å². The second kappa shape index (κ2) is 7.51. The maximum Gasteiger partial charge on any atom is 0.185 e. The highest BCUT2D eigenvalue weighted by atomic mass is 16.3. The summed E-state index contributed by atoms with van der Waals surface area (Å²) in [4.78, 5) is 12.3. The Morgan fingerprint density at radius 3 is 2.33 bits per heavy atom. The zero-order valence-corrected chi connectivity index (χ0v) is 13.7. The van der Waals surface area contributed by atoms with Crippen molar-refractivity contribution < 1.29 is 20.1 Å². The van der Waals surface area contributed by atoms with Gasteiger partial charge < -0.3 is 15.3 Å². The van der Waals surface area contributed by atoms with E-state index in [1.807, 2.05) is 19.9 Å². The van der Waals surface area contributed by atoms with E-state index in [0.29, 0.717) is 23.1 Å². The number of hydrogen-bond acceptors (Lipinski definition) is 4. The number of aromatic hydroxyl groups is 3. The van der Waals surface area contributed by atoms with E-state index in [1.54, 1.807) is 24.3 Å². The third kappa shape index (κ3) is 4.49. The number of carbonyl (C=O) groups is 1. The molecule has 0 aromatic heterocycles. The molecular formula is C20H20O4. The molecule has 2 aromatic carbocycles. The lowest BCUT2D eigenvalue weighted by atomic mass is 10.0. The van der Waals surface area contributed by atoms with Gasteiger partial charge >= 0.3 is 0 Å². The van der Waals surface area contributed by atoms with Crippen molar-refractivity contribution in [1.82, 2.24) is 0 Å². The fourth-order valence-electron chi connectivity index (χ4n) is 2.13. The maximum atomic E-state index is 12.3. The Labute approximate surface area is 141 Å². The monoisotopic (exact) mass is 324 g/mol. The molecule has 0 spiro atoms. The van der Waals surface area contributed by atoms with E-state index >= 15 is 0 Å². The molecule has 0 bridgehead atoms. The van der Waals surface area contributed by atoms with Gasteiger partial charge in [0.05, 0.1) is 0 Å². The molecule has 0 atom stereocenters. The van der Waals surface area contributed by atoms with Crippen LogP contribution >= 0.6 is 0 Å². The van der Waals surface area contributed by atoms with E-state index in [4.69, 9.17) is 0 Å². The Balaban J connectivity index is 2.20. The summed E-state index contributed by atoms with van der Waals surface area (Å²) in [7, 11) is 0. The lowest BCUT2D eigenvalue weighted by molar-refractivity contribution is 0.104. The summed E-state index contributed by atoms with van der Waals surface area (Å²) in [5.41, 5.74) is 2.90. The van der Waals surface area contributed by atoms with Crippen LogP contribution < -0.4 is 0 Å². The number of carbonyl (C=O) groups excluding carboxylic acids is 1. The number of benzene rings is 2. The molecule has 0 amide bonds. The summed E-state index contributed by atoms with van der Waals surface area (Å²) in [6, 6.07) is 9.09. The Hall–Kier alpha value is -3.01. The number of allylic oxidation sites excluding steroid dienone is 3. The normalized spacial score (nSPS) is 10.8. The Kier molecular flexibility index (Phi) is 5.42. The van der Waals surface area contributed by atoms with Gasteiger partial charge in [0.25, 0.3) is 0 Å². The van der Waals surface area contributed by atoms with Crippen LogP contribution in [-0.4, -0.2) is 21.1 Å². The Morgan fingerprint density at radius 2 is 1.67 bits per heavy atom. The van der Waals surface area contributed by atoms with Gasteiger partial charge in [-0.2, -0.15) is 0 Å². The van der Waals surface area contributed by atoms with Gasteiger partial charge in [-0.3, -0.25) is 4.79 Å². The highest BCUT2D eigenvalue weighted by Crippen LogP contribution is 2.25. The van der Waals surface area contributed by atoms with E-state index in [1.165, 1.54) is 24.3 Å². The molecule has 0 saturated carbocycles. The highest BCUT2D eigenvalue weighted by Gasteiger charge is 2.07. The first-order valence-electron chi connectivity index (χ1n) is 7.56. The minimum absolute atomic E-state index is 0.163. The molecule has 124 valence electrons. The molecule has 0 aliphatic heterocycles. The van der Waals surface area contributed by atoms with Crippen LogP contribution in [0, 0.1) is 0 Å². The lowest BCUT2D eigenvalue weighted by Gasteiger charge is -2.04. The molecule has 4 heteroatoms. The quantitative estimate of drug-likeness (QED) is 0.333. The molecule has 0 radical (unpaired) electrons. The largest absolute Gasteiger partial charge is 0.508 e. The molecule has 0 aliphatic carbocycles. The Bertz CT molecular complexity index is 812. The summed E-state index contributed by atoms with van der Waals surface area (Å²) < 4.78 is 0. The molecule has 4 nitrogen and oxygen atoms in total. The first-order valence-corrected chi connectivity index (χ1v) is 7.56. The fourth-order valence-corrected chi connectivity index (χ4v) is 2.13. The van der Waals surface area contributed by atoms with Gasteiger partial charge in [-0.25, -0.2) is 0 Å². The molecule has 0 heterocycles. The predicted octanol–water partition coefficient (Wildman–Crippen LogP) is 4.21. The lowest BCUT2D eigenvalue weighted by Crippen LogP contribution is -1.96. The summed E-state index contributed by atoms with van der Waals surface area (Å²) >= 11 is 0. The third-order valence-corrected chi connectivity index (χ3v) is 3.52. The van der Waals surface area contributed by atoms with Crippen LogP contribution in [0.15, 0.2) is 54.1 Å². The summed E-state index contributed by atoms with van der Waals surface area (Å²) in [5.74, 6) is -0.489. The van der Waals surface area contributed by atoms with Gasteiger partial charge in [-0.05, 0) is 67.8 Å². The summed E-state index contributed by atoms with van der Waals surface area (Å²) in [5, 5.41) is 28.6. The van der Waals surface area contributed by atoms with Crippen molar-refractivity contribution in [3.05, 3.63) is 70.8 Å². The smallest absolute Gasteiger partial charge is 0.185 e. The van der Waals surface area contributed by atoms with E-state index in [2.05, 4.69) is 0 Å². The molecule has 24 heavy (non-hydrogen) atoms. The SMILES string of the molecule is CC(C)=CCc1cc(C(=O)/C=C/c2ccc(O)c(O)c2)ccc1O. The maximum absolute atomic E-state index is 12.3. The van der Waals surface area contributed by atoms with Gasteiger partial charge in [-0.1, -0.05) is 23.8 Å². The van der Waals surface area contributed by atoms with E-state index in [0.717, 1.165) is 5.57 Å². The van der Waals surface area contributed by atoms with Crippen LogP contribution in [-0.2, 0) is 6.42 Å². The Morgan fingerprint density at radius 1 is 0.958 bits per heavy atom. The third-order valence-electron chi connectivity index (χ3n) is 3.52. The average molecular weight is 324 g/mol. The molecule has 2 aromatic rings. The van der Waals surface area contributed by atoms with Crippen LogP contribution in [0.25, 0.3) is 6.08 Å². The van der Waals surface area contributed by atoms with Crippen LogP contribution in [0.4, 0.5) is 0 Å². The first-order chi connectivity index (χ1) is 11.4. The number of phenolic OH excluding ortho intramolecular Hbond substituents is 3. The molecule has 0 fully saturated rings. The number of ketones is 1. The van der Waals surface area contributed by atoms with Crippen molar-refractivity contribution in [2.45, 2.75) is 20.3 Å². The second-order valence-corrected chi connectivity index (χ2v) is 5.77. The van der Waals surface area contributed by atoms with Crippen LogP contribution in [0.2, 0.25) is 0 Å². The van der Waals surface area contributed by atoms with Gasteiger partial charge in [0.1, 0.15) is 5.75 Å². The minimum Gasteiger partial charge on any atom is -0.508 e. The van der Waals surface area contributed by atoms with Crippen LogP contribution in [0.3, 0.4) is 0 Å². The zero-order valence-electron chi connectivity index (χ0n) is 13.7. The zero-order chi connectivity index (χ0) is 17.7. The fraction of sp³-hybridized carbons (Fsp3) is 0.150. The number of rotatable bonds is 5. The van der Waals surface area contributed by atoms with Gasteiger partial charge in [0.15, 0.2) is 17.3 Å². The minimum atomic E-state index is -0.238. The topological polar surface area (TPSA) is 77.8 Å². The van der Waals surface area contributed by atoms with Crippen molar-refractivity contribution in [3.63, 3.8) is 0 Å². The van der Waals surface area contributed by atoms with E-state index in [9.17, 15) is 20.1 Å². The van der Waals surface area contributed by atoms with Crippen molar-refractivity contribution in [2.75, 3.05) is 0 Å². The molecule has 0 saturated heterocycles. The van der Waals surface area contributed by atoms with Crippen LogP contribution in [0.5, 0.6) is 17.2 Å². The number of phenols is 3. The van der Waals surface area contributed by atoms with Crippen molar-refractivity contribution in [1.29, 1.82) is 0 Å². The first kappa shape index (κ1) is 17.3. The highest BCUT2D eigenvalue weighted by molar-refractivity contribution is 6.07. The van der Waals surface area contributed by atoms with Crippen molar-refractivity contribution >= 4 is 11.9 Å². The summed E-state index contributed by atoms with van der Waals surface area (Å²) in [6.07, 6.45) is 5.50. The van der Waals surface area contributed by atoms with Gasteiger partial charge in [0, 0.05) is 5.56 Å². The predicted molar refractivity (Wildman–Crippen MR) is 94.4 cm³/mol. The van der Waals surface area contributed by atoms with Crippen molar-refractivity contribution in [3.8, 4) is 17.2 Å². The van der Waals surface area contributed by atoms with Gasteiger partial charge in [0.2, 0.25) is 0 Å².